The summed E-state index contributed by atoms with van der Waals surface area (Å²) in [4.78, 5) is 11.9. The van der Waals surface area contributed by atoms with Gasteiger partial charge in [0.15, 0.2) is 0 Å². The van der Waals surface area contributed by atoms with E-state index in [1.165, 1.54) is 0 Å². The predicted octanol–water partition coefficient (Wildman–Crippen LogP) is 0.559. The number of hydrogen-bond donors (Lipinski definition) is 2. The Labute approximate surface area is 103 Å². The molecule has 0 aromatic heterocycles. The lowest BCUT2D eigenvalue weighted by Crippen LogP contribution is -2.51. The van der Waals surface area contributed by atoms with E-state index in [4.69, 9.17) is 4.74 Å². The monoisotopic (exact) mass is 248 g/mol. The van der Waals surface area contributed by atoms with E-state index in [2.05, 4.69) is 10.6 Å². The summed E-state index contributed by atoms with van der Waals surface area (Å²) < 4.78 is 5.34. The SMILES string of the molecule is CC(C(=O)NC1CCCOC1)C1CNC1.Cl. The molecular weight excluding hydrogens is 228 g/mol. The Kier molecular flexibility index (Phi) is 5.52. The molecule has 1 amide bonds. The maximum atomic E-state index is 11.9. The second-order valence-electron chi connectivity index (χ2n) is 4.63. The van der Waals surface area contributed by atoms with Crippen molar-refractivity contribution in [2.45, 2.75) is 25.8 Å². The Morgan fingerprint density at radius 2 is 2.25 bits per heavy atom. The van der Waals surface area contributed by atoms with Crippen LogP contribution in [-0.4, -0.2) is 38.3 Å². The number of ether oxygens (including phenoxy) is 1. The number of carbonyl (C=O) groups excluding carboxylic acids is 1. The molecule has 2 fully saturated rings. The van der Waals surface area contributed by atoms with Gasteiger partial charge in [-0.25, -0.2) is 0 Å². The molecule has 0 aromatic rings. The molecule has 2 heterocycles. The topological polar surface area (TPSA) is 50.4 Å². The number of hydrogen-bond acceptors (Lipinski definition) is 3. The first-order chi connectivity index (χ1) is 7.27. The van der Waals surface area contributed by atoms with Crippen LogP contribution in [0.5, 0.6) is 0 Å². The highest BCUT2D eigenvalue weighted by Gasteiger charge is 2.29. The zero-order valence-electron chi connectivity index (χ0n) is 9.70. The molecule has 0 aliphatic carbocycles. The van der Waals surface area contributed by atoms with Gasteiger partial charge < -0.3 is 15.4 Å². The second-order valence-corrected chi connectivity index (χ2v) is 4.63. The minimum Gasteiger partial charge on any atom is -0.379 e. The maximum Gasteiger partial charge on any atom is 0.223 e. The van der Waals surface area contributed by atoms with Crippen molar-refractivity contribution in [1.29, 1.82) is 0 Å². The average molecular weight is 249 g/mol. The summed E-state index contributed by atoms with van der Waals surface area (Å²) in [6.45, 7) is 5.51. The van der Waals surface area contributed by atoms with Crippen LogP contribution in [0.3, 0.4) is 0 Å². The summed E-state index contributed by atoms with van der Waals surface area (Å²) >= 11 is 0. The first-order valence-electron chi connectivity index (χ1n) is 5.86. The Bertz CT molecular complexity index is 228. The molecule has 2 aliphatic rings. The minimum atomic E-state index is 0. The highest BCUT2D eigenvalue weighted by Crippen LogP contribution is 2.16. The molecule has 4 nitrogen and oxygen atoms in total. The lowest BCUT2D eigenvalue weighted by Gasteiger charge is -2.33. The van der Waals surface area contributed by atoms with Crippen molar-refractivity contribution in [3.63, 3.8) is 0 Å². The lowest BCUT2D eigenvalue weighted by molar-refractivity contribution is -0.128. The molecular formula is C11H21ClN2O2. The predicted molar refractivity (Wildman–Crippen MR) is 64.8 cm³/mol. The van der Waals surface area contributed by atoms with E-state index in [0.717, 1.165) is 32.5 Å². The third-order valence-electron chi connectivity index (χ3n) is 3.44. The van der Waals surface area contributed by atoms with Crippen LogP contribution in [0.25, 0.3) is 0 Å². The Balaban J connectivity index is 0.00000128. The van der Waals surface area contributed by atoms with Crippen LogP contribution in [-0.2, 0) is 9.53 Å². The van der Waals surface area contributed by atoms with Crippen LogP contribution >= 0.6 is 12.4 Å². The fourth-order valence-electron chi connectivity index (χ4n) is 2.07. The van der Waals surface area contributed by atoms with Gasteiger partial charge in [-0.2, -0.15) is 0 Å². The smallest absolute Gasteiger partial charge is 0.223 e. The molecule has 0 bridgehead atoms. The van der Waals surface area contributed by atoms with Crippen molar-refractivity contribution in [2.75, 3.05) is 26.3 Å². The number of nitrogens with one attached hydrogen (secondary N) is 2. The quantitative estimate of drug-likeness (QED) is 0.768. The van der Waals surface area contributed by atoms with Crippen LogP contribution < -0.4 is 10.6 Å². The summed E-state index contributed by atoms with van der Waals surface area (Å²) in [5, 5.41) is 6.27. The third kappa shape index (κ3) is 3.34. The van der Waals surface area contributed by atoms with Crippen molar-refractivity contribution >= 4 is 18.3 Å². The minimum absolute atomic E-state index is 0. The van der Waals surface area contributed by atoms with Gasteiger partial charge >= 0.3 is 0 Å². The molecule has 0 aromatic carbocycles. The molecule has 0 spiro atoms. The number of carbonyl (C=O) groups is 1. The van der Waals surface area contributed by atoms with E-state index in [0.29, 0.717) is 12.5 Å². The largest absolute Gasteiger partial charge is 0.379 e. The first-order valence-corrected chi connectivity index (χ1v) is 5.86. The Morgan fingerprint density at radius 3 is 2.75 bits per heavy atom. The molecule has 2 aliphatic heterocycles. The molecule has 2 saturated heterocycles. The van der Waals surface area contributed by atoms with Gasteiger partial charge in [0.1, 0.15) is 0 Å². The fraction of sp³-hybridized carbons (Fsp3) is 0.909. The summed E-state index contributed by atoms with van der Waals surface area (Å²) in [7, 11) is 0. The second kappa shape index (κ2) is 6.42. The summed E-state index contributed by atoms with van der Waals surface area (Å²) in [5.41, 5.74) is 0. The number of rotatable bonds is 3. The molecule has 2 unspecified atom stereocenters. The fourth-order valence-corrected chi connectivity index (χ4v) is 2.07. The summed E-state index contributed by atoms with van der Waals surface area (Å²) in [6.07, 6.45) is 2.12. The van der Waals surface area contributed by atoms with E-state index >= 15 is 0 Å². The van der Waals surface area contributed by atoms with Gasteiger partial charge in [0.05, 0.1) is 12.6 Å². The zero-order valence-corrected chi connectivity index (χ0v) is 10.5. The van der Waals surface area contributed by atoms with Crippen LogP contribution in [0, 0.1) is 11.8 Å². The summed E-state index contributed by atoms with van der Waals surface area (Å²) in [5.74, 6) is 0.847. The van der Waals surface area contributed by atoms with Crippen LogP contribution in [0.4, 0.5) is 0 Å². The molecule has 0 radical (unpaired) electrons. The molecule has 94 valence electrons. The van der Waals surface area contributed by atoms with E-state index < -0.39 is 0 Å². The van der Waals surface area contributed by atoms with Gasteiger partial charge in [-0.1, -0.05) is 6.92 Å². The number of halogens is 1. The highest BCUT2D eigenvalue weighted by molar-refractivity contribution is 5.85. The van der Waals surface area contributed by atoms with E-state index in [1.807, 2.05) is 6.92 Å². The lowest BCUT2D eigenvalue weighted by atomic mass is 9.88. The normalized spacial score (nSPS) is 27.4. The van der Waals surface area contributed by atoms with Gasteiger partial charge in [0.25, 0.3) is 0 Å². The van der Waals surface area contributed by atoms with Crippen molar-refractivity contribution < 1.29 is 9.53 Å². The van der Waals surface area contributed by atoms with E-state index in [-0.39, 0.29) is 30.3 Å². The standard InChI is InChI=1S/C11H20N2O2.ClH/c1-8(9-5-12-6-9)11(14)13-10-3-2-4-15-7-10;/h8-10,12H,2-7H2,1H3,(H,13,14);1H. The zero-order chi connectivity index (χ0) is 10.7. The Morgan fingerprint density at radius 1 is 1.50 bits per heavy atom. The number of amides is 1. The molecule has 5 heteroatoms. The summed E-state index contributed by atoms with van der Waals surface area (Å²) in [6, 6.07) is 0.238. The van der Waals surface area contributed by atoms with Gasteiger partial charge in [-0.15, -0.1) is 12.4 Å². The third-order valence-corrected chi connectivity index (χ3v) is 3.44. The average Bonchev–Trinajstić information content (AvgIpc) is 2.16. The molecule has 2 rings (SSSR count). The van der Waals surface area contributed by atoms with E-state index in [9.17, 15) is 4.79 Å². The molecule has 0 saturated carbocycles. The maximum absolute atomic E-state index is 11.9. The Hall–Kier alpha value is -0.320. The molecule has 2 atom stereocenters. The van der Waals surface area contributed by atoms with Crippen LogP contribution in [0.2, 0.25) is 0 Å². The van der Waals surface area contributed by atoms with Gasteiger partial charge in [-0.3, -0.25) is 4.79 Å². The molecule has 2 N–H and O–H groups in total. The van der Waals surface area contributed by atoms with Crippen molar-refractivity contribution in [3.8, 4) is 0 Å². The van der Waals surface area contributed by atoms with Gasteiger partial charge in [0, 0.05) is 12.5 Å². The molecule has 16 heavy (non-hydrogen) atoms. The van der Waals surface area contributed by atoms with Crippen LogP contribution in [0.1, 0.15) is 19.8 Å². The van der Waals surface area contributed by atoms with Gasteiger partial charge in [-0.05, 0) is 31.8 Å². The van der Waals surface area contributed by atoms with Crippen molar-refractivity contribution in [3.05, 3.63) is 0 Å². The van der Waals surface area contributed by atoms with Gasteiger partial charge in [0.2, 0.25) is 5.91 Å². The first kappa shape index (κ1) is 13.7. The highest BCUT2D eigenvalue weighted by atomic mass is 35.5. The van der Waals surface area contributed by atoms with Crippen LogP contribution in [0.15, 0.2) is 0 Å². The van der Waals surface area contributed by atoms with Crippen molar-refractivity contribution in [2.24, 2.45) is 11.8 Å². The van der Waals surface area contributed by atoms with E-state index in [1.54, 1.807) is 0 Å². The van der Waals surface area contributed by atoms with Crippen molar-refractivity contribution in [1.82, 2.24) is 10.6 Å².